The number of nitrogens with one attached hydrogen (secondary N) is 1. The minimum atomic E-state index is 0.235. The highest BCUT2D eigenvalue weighted by molar-refractivity contribution is 5.15. The Morgan fingerprint density at radius 3 is 2.77 bits per heavy atom. The lowest BCUT2D eigenvalue weighted by molar-refractivity contribution is 0.305. The molecule has 4 heteroatoms. The molecule has 0 amide bonds. The van der Waals surface area contributed by atoms with Gasteiger partial charge >= 0.3 is 0 Å². The van der Waals surface area contributed by atoms with E-state index in [-0.39, 0.29) is 5.41 Å². The first-order chi connectivity index (χ1) is 6.28. The topological polar surface area (TPSA) is 51.0 Å². The van der Waals surface area contributed by atoms with E-state index in [1.807, 2.05) is 0 Å². The molecule has 1 aliphatic heterocycles. The molecule has 70 valence electrons. The summed E-state index contributed by atoms with van der Waals surface area (Å²) in [5.41, 5.74) is 0.235. The SMILES string of the molecule is CC1(c2noc(C3CNC3)n2)CC1. The van der Waals surface area contributed by atoms with E-state index >= 15 is 0 Å². The summed E-state index contributed by atoms with van der Waals surface area (Å²) in [5.74, 6) is 2.19. The molecule has 0 radical (unpaired) electrons. The second-order valence-corrected chi connectivity index (χ2v) is 4.37. The second kappa shape index (κ2) is 2.32. The molecule has 0 aromatic carbocycles. The van der Waals surface area contributed by atoms with E-state index in [2.05, 4.69) is 22.4 Å². The third-order valence-corrected chi connectivity index (χ3v) is 3.11. The zero-order valence-corrected chi connectivity index (χ0v) is 7.71. The molecule has 1 aliphatic carbocycles. The van der Waals surface area contributed by atoms with E-state index in [0.29, 0.717) is 5.92 Å². The summed E-state index contributed by atoms with van der Waals surface area (Å²) in [7, 11) is 0. The molecule has 0 atom stereocenters. The monoisotopic (exact) mass is 179 g/mol. The minimum absolute atomic E-state index is 0.235. The number of nitrogens with zero attached hydrogens (tertiary/aromatic N) is 2. The van der Waals surface area contributed by atoms with Gasteiger partial charge in [0.25, 0.3) is 0 Å². The van der Waals surface area contributed by atoms with Gasteiger partial charge in [-0.25, -0.2) is 0 Å². The average Bonchev–Trinajstić information content (AvgIpc) is 2.61. The second-order valence-electron chi connectivity index (χ2n) is 4.37. The van der Waals surface area contributed by atoms with Crippen molar-refractivity contribution in [3.8, 4) is 0 Å². The van der Waals surface area contributed by atoms with Crippen LogP contribution in [0.5, 0.6) is 0 Å². The van der Waals surface area contributed by atoms with E-state index < -0.39 is 0 Å². The predicted octanol–water partition coefficient (Wildman–Crippen LogP) is 0.808. The van der Waals surface area contributed by atoms with Gasteiger partial charge in [0.15, 0.2) is 5.82 Å². The van der Waals surface area contributed by atoms with E-state index in [0.717, 1.165) is 24.8 Å². The molecular weight excluding hydrogens is 166 g/mol. The molecule has 4 nitrogen and oxygen atoms in total. The predicted molar refractivity (Wildman–Crippen MR) is 46.5 cm³/mol. The van der Waals surface area contributed by atoms with Gasteiger partial charge in [-0.2, -0.15) is 4.98 Å². The number of hydrogen-bond acceptors (Lipinski definition) is 4. The summed E-state index contributed by atoms with van der Waals surface area (Å²) in [6, 6.07) is 0. The Morgan fingerprint density at radius 2 is 2.23 bits per heavy atom. The van der Waals surface area contributed by atoms with Gasteiger partial charge in [0.2, 0.25) is 5.89 Å². The molecule has 1 aromatic rings. The first-order valence-electron chi connectivity index (χ1n) is 4.83. The van der Waals surface area contributed by atoms with Crippen LogP contribution in [-0.4, -0.2) is 23.2 Å². The van der Waals surface area contributed by atoms with Crippen molar-refractivity contribution in [1.82, 2.24) is 15.5 Å². The van der Waals surface area contributed by atoms with Gasteiger partial charge in [0, 0.05) is 18.5 Å². The van der Waals surface area contributed by atoms with Crippen LogP contribution in [0.25, 0.3) is 0 Å². The summed E-state index contributed by atoms with van der Waals surface area (Å²) < 4.78 is 5.23. The molecule has 1 saturated carbocycles. The number of aromatic nitrogens is 2. The van der Waals surface area contributed by atoms with Crippen molar-refractivity contribution in [1.29, 1.82) is 0 Å². The molecule has 1 N–H and O–H groups in total. The van der Waals surface area contributed by atoms with Crippen LogP contribution in [0.2, 0.25) is 0 Å². The number of hydrogen-bond donors (Lipinski definition) is 1. The number of rotatable bonds is 2. The molecule has 3 rings (SSSR count). The average molecular weight is 179 g/mol. The quantitative estimate of drug-likeness (QED) is 0.729. The van der Waals surface area contributed by atoms with Crippen LogP contribution >= 0.6 is 0 Å². The standard InChI is InChI=1S/C9H13N3O/c1-9(2-3-9)8-11-7(13-12-8)6-4-10-5-6/h6,10H,2-5H2,1H3. The van der Waals surface area contributed by atoms with E-state index in [9.17, 15) is 0 Å². The Kier molecular flexibility index (Phi) is 1.34. The van der Waals surface area contributed by atoms with Gasteiger partial charge in [-0.05, 0) is 12.8 Å². The molecule has 2 heterocycles. The lowest BCUT2D eigenvalue weighted by Gasteiger charge is -2.22. The van der Waals surface area contributed by atoms with Gasteiger partial charge in [0.05, 0.1) is 5.92 Å². The largest absolute Gasteiger partial charge is 0.339 e. The van der Waals surface area contributed by atoms with Crippen molar-refractivity contribution in [3.63, 3.8) is 0 Å². The Balaban J connectivity index is 1.85. The van der Waals surface area contributed by atoms with E-state index in [1.165, 1.54) is 12.8 Å². The van der Waals surface area contributed by atoms with Crippen LogP contribution in [0.1, 0.15) is 37.4 Å². The van der Waals surface area contributed by atoms with Crippen LogP contribution in [0.3, 0.4) is 0 Å². The van der Waals surface area contributed by atoms with Crippen molar-refractivity contribution in [3.05, 3.63) is 11.7 Å². The van der Waals surface area contributed by atoms with Crippen LogP contribution in [0, 0.1) is 0 Å². The summed E-state index contributed by atoms with van der Waals surface area (Å²) >= 11 is 0. The first kappa shape index (κ1) is 7.50. The van der Waals surface area contributed by atoms with Crippen LogP contribution in [-0.2, 0) is 5.41 Å². The van der Waals surface area contributed by atoms with Gasteiger partial charge in [-0.1, -0.05) is 12.1 Å². The fourth-order valence-corrected chi connectivity index (χ4v) is 1.52. The van der Waals surface area contributed by atoms with E-state index in [4.69, 9.17) is 4.52 Å². The van der Waals surface area contributed by atoms with Crippen molar-refractivity contribution >= 4 is 0 Å². The third kappa shape index (κ3) is 1.09. The van der Waals surface area contributed by atoms with Gasteiger partial charge < -0.3 is 9.84 Å². The molecule has 0 spiro atoms. The maximum Gasteiger partial charge on any atom is 0.232 e. The highest BCUT2D eigenvalue weighted by Gasteiger charge is 2.44. The smallest absolute Gasteiger partial charge is 0.232 e. The fourth-order valence-electron chi connectivity index (χ4n) is 1.52. The highest BCUT2D eigenvalue weighted by atomic mass is 16.5. The van der Waals surface area contributed by atoms with Crippen LogP contribution < -0.4 is 5.32 Å². The Morgan fingerprint density at radius 1 is 1.46 bits per heavy atom. The van der Waals surface area contributed by atoms with Gasteiger partial charge in [-0.3, -0.25) is 0 Å². The Hall–Kier alpha value is -0.900. The summed E-state index contributed by atoms with van der Waals surface area (Å²) in [6.45, 7) is 4.16. The summed E-state index contributed by atoms with van der Waals surface area (Å²) in [6.07, 6.45) is 2.41. The molecular formula is C9H13N3O. The minimum Gasteiger partial charge on any atom is -0.339 e. The molecule has 0 unspecified atom stereocenters. The fraction of sp³-hybridized carbons (Fsp3) is 0.778. The zero-order chi connectivity index (χ0) is 8.89. The highest BCUT2D eigenvalue weighted by Crippen LogP contribution is 2.46. The lowest BCUT2D eigenvalue weighted by Crippen LogP contribution is -2.40. The van der Waals surface area contributed by atoms with Crippen LogP contribution in [0.15, 0.2) is 4.52 Å². The van der Waals surface area contributed by atoms with Gasteiger partial charge in [0.1, 0.15) is 0 Å². The lowest BCUT2D eigenvalue weighted by atomic mass is 10.0. The van der Waals surface area contributed by atoms with Crippen molar-refractivity contribution in [2.24, 2.45) is 0 Å². The molecule has 0 bridgehead atoms. The van der Waals surface area contributed by atoms with Crippen molar-refractivity contribution in [2.75, 3.05) is 13.1 Å². The summed E-state index contributed by atoms with van der Waals surface area (Å²) in [5, 5.41) is 7.23. The molecule has 2 aliphatic rings. The maximum absolute atomic E-state index is 5.23. The molecule has 2 fully saturated rings. The normalized spacial score (nSPS) is 25.6. The molecule has 1 saturated heterocycles. The first-order valence-corrected chi connectivity index (χ1v) is 4.83. The molecule has 1 aromatic heterocycles. The zero-order valence-electron chi connectivity index (χ0n) is 7.71. The van der Waals surface area contributed by atoms with E-state index in [1.54, 1.807) is 0 Å². The van der Waals surface area contributed by atoms with Crippen molar-refractivity contribution < 1.29 is 4.52 Å². The molecule has 13 heavy (non-hydrogen) atoms. The van der Waals surface area contributed by atoms with Crippen LogP contribution in [0.4, 0.5) is 0 Å². The maximum atomic E-state index is 5.23. The Labute approximate surface area is 76.7 Å². The summed E-state index contributed by atoms with van der Waals surface area (Å²) in [4.78, 5) is 4.45. The van der Waals surface area contributed by atoms with Gasteiger partial charge in [-0.15, -0.1) is 0 Å². The van der Waals surface area contributed by atoms with Crippen molar-refractivity contribution in [2.45, 2.75) is 31.1 Å². The third-order valence-electron chi connectivity index (χ3n) is 3.11. The Bertz CT molecular complexity index is 325.